The molecule has 3 unspecified atom stereocenters. The van der Waals surface area contributed by atoms with Crippen LogP contribution in [0.25, 0.3) is 10.8 Å². The summed E-state index contributed by atoms with van der Waals surface area (Å²) in [6.45, 7) is 0. The van der Waals surface area contributed by atoms with Gasteiger partial charge in [-0.1, -0.05) is 66.7 Å². The van der Waals surface area contributed by atoms with Crippen molar-refractivity contribution in [2.24, 2.45) is 11.5 Å². The number of allylic oxidation sites excluding steroid dienone is 1. The number of quaternary nitrogens is 1. The van der Waals surface area contributed by atoms with Crippen molar-refractivity contribution < 1.29 is 4.79 Å². The molecule has 7 rings (SSSR count). The summed E-state index contributed by atoms with van der Waals surface area (Å²) in [5, 5.41) is 2.10. The second-order valence-corrected chi connectivity index (χ2v) is 9.83. The normalized spacial score (nSPS) is 25.9. The Kier molecular flexibility index (Phi) is 4.49. The molecule has 0 spiro atoms. The van der Waals surface area contributed by atoms with Gasteiger partial charge in [0, 0.05) is 33.4 Å². The number of nitrogens with two attached hydrogens (primary N) is 2. The average Bonchev–Trinajstić information content (AvgIpc) is 3.56. The molecule has 5 heteroatoms. The molecule has 0 saturated carbocycles. The molecule has 2 aliphatic heterocycles. The van der Waals surface area contributed by atoms with Crippen LogP contribution in [0.2, 0.25) is 0 Å². The van der Waals surface area contributed by atoms with Gasteiger partial charge in [0.15, 0.2) is 6.04 Å². The number of hydrogen-bond donors (Lipinski definition) is 2. The zero-order chi connectivity index (χ0) is 24.4. The lowest BCUT2D eigenvalue weighted by molar-refractivity contribution is 0.0866. The van der Waals surface area contributed by atoms with E-state index in [-0.39, 0.29) is 28.6 Å². The Bertz CT molecular complexity index is 1580. The molecule has 2 heterocycles. The topological polar surface area (TPSA) is 72.3 Å². The molecule has 3 aliphatic rings. The minimum atomic E-state index is -0.291. The number of carbonyl (C=O) groups excluding carboxylic acids is 1. The van der Waals surface area contributed by atoms with E-state index in [0.717, 1.165) is 51.1 Å². The van der Waals surface area contributed by atoms with Gasteiger partial charge in [-0.3, -0.25) is 5.73 Å². The average molecular weight is 472 g/mol. The first kappa shape index (κ1) is 21.1. The molecule has 0 radical (unpaired) electrons. The maximum Gasteiger partial charge on any atom is 0.353 e. The maximum absolute atomic E-state index is 14.1. The number of rotatable bonds is 4. The SMILES string of the molecule is NC1=CCC(N(c2ccccc2)c2ccc3c4c(cccc24)C(=O)[N+]2(c4ccccc4)C3[C@H]2N)C=C1. The zero-order valence-corrected chi connectivity index (χ0v) is 19.8. The van der Waals surface area contributed by atoms with Gasteiger partial charge in [0.2, 0.25) is 6.17 Å². The number of anilines is 2. The monoisotopic (exact) mass is 471 g/mol. The lowest BCUT2D eigenvalue weighted by Gasteiger charge is -2.34. The number of para-hydroxylation sites is 2. The van der Waals surface area contributed by atoms with Crippen LogP contribution in [0.5, 0.6) is 0 Å². The van der Waals surface area contributed by atoms with Crippen molar-refractivity contribution in [3.8, 4) is 0 Å². The molecule has 0 aromatic heterocycles. The predicted molar refractivity (Wildman–Crippen MR) is 146 cm³/mol. The first-order valence-corrected chi connectivity index (χ1v) is 12.4. The fraction of sp³-hybridized carbons (Fsp3) is 0.129. The quantitative estimate of drug-likeness (QED) is 0.298. The van der Waals surface area contributed by atoms with Gasteiger partial charge in [-0.25, -0.2) is 4.79 Å². The Balaban J connectivity index is 1.43. The van der Waals surface area contributed by atoms with Crippen molar-refractivity contribution in [1.82, 2.24) is 4.48 Å². The van der Waals surface area contributed by atoms with Gasteiger partial charge in [-0.15, -0.1) is 0 Å². The van der Waals surface area contributed by atoms with Crippen molar-refractivity contribution in [1.29, 1.82) is 0 Å². The Morgan fingerprint density at radius 2 is 1.61 bits per heavy atom. The third-order valence-corrected chi connectivity index (χ3v) is 7.99. The Morgan fingerprint density at radius 1 is 0.861 bits per heavy atom. The largest absolute Gasteiger partial charge is 0.399 e. The van der Waals surface area contributed by atoms with E-state index < -0.39 is 0 Å². The molecule has 5 nitrogen and oxygen atoms in total. The molecule has 176 valence electrons. The molecular weight excluding hydrogens is 444 g/mol. The molecule has 36 heavy (non-hydrogen) atoms. The van der Waals surface area contributed by atoms with Crippen molar-refractivity contribution in [2.45, 2.75) is 24.7 Å². The van der Waals surface area contributed by atoms with E-state index in [1.807, 2.05) is 54.6 Å². The highest BCUT2D eigenvalue weighted by Gasteiger charge is 2.74. The molecular formula is C31H27N4O+. The summed E-state index contributed by atoms with van der Waals surface area (Å²) in [5.41, 5.74) is 18.6. The van der Waals surface area contributed by atoms with Gasteiger partial charge in [0.1, 0.15) is 5.69 Å². The Hall–Kier alpha value is -4.19. The second-order valence-electron chi connectivity index (χ2n) is 9.83. The van der Waals surface area contributed by atoms with E-state index in [9.17, 15) is 4.79 Å². The van der Waals surface area contributed by atoms with E-state index in [4.69, 9.17) is 11.5 Å². The molecule has 1 amide bonds. The van der Waals surface area contributed by atoms with Crippen molar-refractivity contribution in [3.63, 3.8) is 0 Å². The number of amides is 1. The lowest BCUT2D eigenvalue weighted by atomic mass is 9.91. The molecule has 4 atom stereocenters. The highest BCUT2D eigenvalue weighted by molar-refractivity contribution is 6.19. The van der Waals surface area contributed by atoms with Crippen LogP contribution in [0.3, 0.4) is 0 Å². The van der Waals surface area contributed by atoms with Gasteiger partial charge in [-0.2, -0.15) is 4.48 Å². The van der Waals surface area contributed by atoms with Gasteiger partial charge < -0.3 is 10.6 Å². The van der Waals surface area contributed by atoms with Crippen LogP contribution in [-0.2, 0) is 0 Å². The van der Waals surface area contributed by atoms with E-state index in [2.05, 4.69) is 59.5 Å². The van der Waals surface area contributed by atoms with Gasteiger partial charge in [0.25, 0.3) is 0 Å². The lowest BCUT2D eigenvalue weighted by Crippen LogP contribution is -2.41. The minimum absolute atomic E-state index is 0.0752. The van der Waals surface area contributed by atoms with E-state index in [1.54, 1.807) is 0 Å². The van der Waals surface area contributed by atoms with Gasteiger partial charge >= 0.3 is 5.91 Å². The first-order valence-electron chi connectivity index (χ1n) is 12.4. The number of nitrogens with zero attached hydrogens (tertiary/aromatic N) is 2. The number of carbonyl (C=O) groups is 1. The summed E-state index contributed by atoms with van der Waals surface area (Å²) >= 11 is 0. The summed E-state index contributed by atoms with van der Waals surface area (Å²) < 4.78 is 0.171. The fourth-order valence-corrected chi connectivity index (χ4v) is 6.32. The van der Waals surface area contributed by atoms with Crippen molar-refractivity contribution in [2.75, 3.05) is 4.90 Å². The van der Waals surface area contributed by atoms with Crippen LogP contribution in [0.1, 0.15) is 28.4 Å². The molecule has 1 saturated heterocycles. The van der Waals surface area contributed by atoms with Crippen LogP contribution in [0.4, 0.5) is 17.1 Å². The van der Waals surface area contributed by atoms with Crippen molar-refractivity contribution in [3.05, 3.63) is 126 Å². The molecule has 1 aliphatic carbocycles. The summed E-state index contributed by atoms with van der Waals surface area (Å²) in [6.07, 6.45) is 6.73. The molecule has 4 N–H and O–H groups in total. The van der Waals surface area contributed by atoms with Gasteiger partial charge in [-0.05, 0) is 48.9 Å². The number of benzene rings is 4. The van der Waals surface area contributed by atoms with E-state index in [1.165, 1.54) is 0 Å². The summed E-state index contributed by atoms with van der Waals surface area (Å²) in [6, 6.07) is 30.9. The zero-order valence-electron chi connectivity index (χ0n) is 19.8. The smallest absolute Gasteiger partial charge is 0.353 e. The van der Waals surface area contributed by atoms with Crippen LogP contribution < -0.4 is 20.9 Å². The van der Waals surface area contributed by atoms with Crippen LogP contribution >= 0.6 is 0 Å². The van der Waals surface area contributed by atoms with Crippen LogP contribution in [0.15, 0.2) is 115 Å². The Morgan fingerprint density at radius 3 is 2.33 bits per heavy atom. The standard InChI is InChI=1S/C31H27N4O/c32-20-14-16-22(17-15-20)34(21-8-3-1-4-9-21)27-19-18-25-28-24(27)12-7-13-26(28)31(36)35(29(25)30(35)33)23-10-5-2-6-11-23/h1-16,18-19,22,29-30H,17,32-33H2/q+1/t22?,29?,30-,35?/m0/s1. The highest BCUT2D eigenvalue weighted by atomic mass is 16.2. The highest BCUT2D eigenvalue weighted by Crippen LogP contribution is 2.59. The van der Waals surface area contributed by atoms with E-state index in [0.29, 0.717) is 0 Å². The summed E-state index contributed by atoms with van der Waals surface area (Å²) in [4.78, 5) is 16.5. The second kappa shape index (κ2) is 7.65. The number of fused-ring (bicyclic) bond motifs is 2. The fourth-order valence-electron chi connectivity index (χ4n) is 6.32. The van der Waals surface area contributed by atoms with Gasteiger partial charge in [0.05, 0.1) is 11.6 Å². The predicted octanol–water partition coefficient (Wildman–Crippen LogP) is 5.65. The Labute approximate surface area is 210 Å². The van der Waals surface area contributed by atoms with E-state index >= 15 is 0 Å². The van der Waals surface area contributed by atoms with Crippen LogP contribution in [0, 0.1) is 0 Å². The molecule has 4 aromatic rings. The van der Waals surface area contributed by atoms with Crippen LogP contribution in [-0.4, -0.2) is 18.1 Å². The number of hydrogen-bond acceptors (Lipinski definition) is 4. The minimum Gasteiger partial charge on any atom is -0.399 e. The van der Waals surface area contributed by atoms with Crippen molar-refractivity contribution >= 4 is 33.7 Å². The molecule has 1 fully saturated rings. The summed E-state index contributed by atoms with van der Waals surface area (Å²) in [5.74, 6) is 0.0773. The third kappa shape index (κ3) is 2.75. The maximum atomic E-state index is 14.1. The first-order chi connectivity index (χ1) is 17.6. The third-order valence-electron chi connectivity index (χ3n) is 7.99. The summed E-state index contributed by atoms with van der Waals surface area (Å²) in [7, 11) is 0. The molecule has 0 bridgehead atoms. The molecule has 4 aromatic carbocycles.